The standard InChI is InChI=1S/C13H25NO2/c1-12(2,3)9-10(15)14-11(16-6)7-8-13(14,4)5/h11H,7-9H2,1-6H3. The summed E-state index contributed by atoms with van der Waals surface area (Å²) in [5.41, 5.74) is -0.0307. The Bertz CT molecular complexity index is 266. The summed E-state index contributed by atoms with van der Waals surface area (Å²) in [5, 5.41) is 0. The summed E-state index contributed by atoms with van der Waals surface area (Å²) in [4.78, 5) is 14.2. The number of nitrogens with zero attached hydrogens (tertiary/aromatic N) is 1. The normalized spacial score (nSPS) is 24.9. The zero-order chi connectivity index (χ0) is 12.6. The maximum absolute atomic E-state index is 12.3. The van der Waals surface area contributed by atoms with Gasteiger partial charge >= 0.3 is 0 Å². The van der Waals surface area contributed by atoms with E-state index in [-0.39, 0.29) is 23.1 Å². The van der Waals surface area contributed by atoms with Crippen LogP contribution in [0.4, 0.5) is 0 Å². The molecule has 1 aliphatic heterocycles. The summed E-state index contributed by atoms with van der Waals surface area (Å²) < 4.78 is 5.40. The van der Waals surface area contributed by atoms with Crippen LogP contribution in [0.2, 0.25) is 0 Å². The second-order valence-corrected chi connectivity index (χ2v) is 6.54. The van der Waals surface area contributed by atoms with Gasteiger partial charge in [0.05, 0.1) is 0 Å². The molecule has 0 N–H and O–H groups in total. The molecule has 0 aromatic rings. The van der Waals surface area contributed by atoms with E-state index in [0.29, 0.717) is 6.42 Å². The van der Waals surface area contributed by atoms with E-state index in [9.17, 15) is 4.79 Å². The van der Waals surface area contributed by atoms with E-state index in [1.54, 1.807) is 7.11 Å². The molecule has 0 saturated carbocycles. The molecule has 1 amide bonds. The molecule has 1 rings (SSSR count). The van der Waals surface area contributed by atoms with E-state index in [1.807, 2.05) is 4.90 Å². The Morgan fingerprint density at radius 3 is 2.44 bits per heavy atom. The fourth-order valence-electron chi connectivity index (χ4n) is 2.38. The van der Waals surface area contributed by atoms with Gasteiger partial charge in [-0.05, 0) is 32.1 Å². The van der Waals surface area contributed by atoms with Crippen molar-refractivity contribution in [2.24, 2.45) is 5.41 Å². The van der Waals surface area contributed by atoms with Crippen molar-refractivity contribution in [1.29, 1.82) is 0 Å². The lowest BCUT2D eigenvalue weighted by atomic mass is 9.90. The number of hydrogen-bond donors (Lipinski definition) is 0. The Labute approximate surface area is 99.1 Å². The highest BCUT2D eigenvalue weighted by Crippen LogP contribution is 2.35. The summed E-state index contributed by atoms with van der Waals surface area (Å²) >= 11 is 0. The predicted molar refractivity (Wildman–Crippen MR) is 65.0 cm³/mol. The Morgan fingerprint density at radius 1 is 1.44 bits per heavy atom. The van der Waals surface area contributed by atoms with Crippen molar-refractivity contribution >= 4 is 5.91 Å². The predicted octanol–water partition coefficient (Wildman–Crippen LogP) is 2.80. The number of carbonyl (C=O) groups excluding carboxylic acids is 1. The number of hydrogen-bond acceptors (Lipinski definition) is 2. The van der Waals surface area contributed by atoms with Crippen LogP contribution in [0.25, 0.3) is 0 Å². The zero-order valence-electron chi connectivity index (χ0n) is 11.5. The Morgan fingerprint density at radius 2 is 2.00 bits per heavy atom. The number of carbonyl (C=O) groups is 1. The molecule has 0 spiro atoms. The van der Waals surface area contributed by atoms with Crippen molar-refractivity contribution in [3.05, 3.63) is 0 Å². The summed E-state index contributed by atoms with van der Waals surface area (Å²) in [6.45, 7) is 10.5. The van der Waals surface area contributed by atoms with Crippen LogP contribution in [0, 0.1) is 5.41 Å². The lowest BCUT2D eigenvalue weighted by Crippen LogP contribution is -2.48. The van der Waals surface area contributed by atoms with Crippen molar-refractivity contribution in [3.8, 4) is 0 Å². The lowest BCUT2D eigenvalue weighted by Gasteiger charge is -2.36. The third-order valence-electron chi connectivity index (χ3n) is 3.17. The molecule has 1 fully saturated rings. The molecule has 3 nitrogen and oxygen atoms in total. The first kappa shape index (κ1) is 13.5. The largest absolute Gasteiger partial charge is 0.362 e. The summed E-state index contributed by atoms with van der Waals surface area (Å²) in [5.74, 6) is 0.210. The topological polar surface area (TPSA) is 29.5 Å². The maximum Gasteiger partial charge on any atom is 0.225 e. The van der Waals surface area contributed by atoms with E-state index in [1.165, 1.54) is 0 Å². The van der Waals surface area contributed by atoms with Crippen molar-refractivity contribution in [2.75, 3.05) is 7.11 Å². The van der Waals surface area contributed by atoms with Crippen LogP contribution in [0.3, 0.4) is 0 Å². The zero-order valence-corrected chi connectivity index (χ0v) is 11.5. The first-order valence-electron chi connectivity index (χ1n) is 6.02. The molecule has 0 aromatic heterocycles. The lowest BCUT2D eigenvalue weighted by molar-refractivity contribution is -0.148. The van der Waals surface area contributed by atoms with E-state index in [2.05, 4.69) is 34.6 Å². The van der Waals surface area contributed by atoms with Crippen molar-refractivity contribution in [2.45, 2.75) is 65.6 Å². The average Bonchev–Trinajstić information content (AvgIpc) is 2.37. The van der Waals surface area contributed by atoms with Gasteiger partial charge in [-0.25, -0.2) is 0 Å². The Hall–Kier alpha value is -0.570. The number of rotatable bonds is 2. The fraction of sp³-hybridized carbons (Fsp3) is 0.923. The summed E-state index contributed by atoms with van der Waals surface area (Å²) in [6, 6.07) is 0. The van der Waals surface area contributed by atoms with Gasteiger partial charge in [0.1, 0.15) is 6.23 Å². The molecule has 0 bridgehead atoms. The highest BCUT2D eigenvalue weighted by Gasteiger charge is 2.43. The van der Waals surface area contributed by atoms with Gasteiger partial charge in [-0.2, -0.15) is 0 Å². The number of methoxy groups -OCH3 is 1. The molecule has 0 aromatic carbocycles. The molecule has 1 saturated heterocycles. The quantitative estimate of drug-likeness (QED) is 0.726. The first-order valence-corrected chi connectivity index (χ1v) is 6.02. The van der Waals surface area contributed by atoms with Crippen LogP contribution in [0.15, 0.2) is 0 Å². The fourth-order valence-corrected chi connectivity index (χ4v) is 2.38. The SMILES string of the molecule is COC1CCC(C)(C)N1C(=O)CC(C)(C)C. The minimum atomic E-state index is -0.0665. The van der Waals surface area contributed by atoms with Gasteiger partial charge in [0.15, 0.2) is 0 Å². The first-order chi connectivity index (χ1) is 7.17. The van der Waals surface area contributed by atoms with E-state index < -0.39 is 0 Å². The second-order valence-electron chi connectivity index (χ2n) is 6.54. The molecule has 0 radical (unpaired) electrons. The van der Waals surface area contributed by atoms with Gasteiger partial charge in [-0.15, -0.1) is 0 Å². The highest BCUT2D eigenvalue weighted by molar-refractivity contribution is 5.78. The van der Waals surface area contributed by atoms with Crippen LogP contribution in [0.5, 0.6) is 0 Å². The Balaban J connectivity index is 2.79. The minimum absolute atomic E-state index is 0.0358. The van der Waals surface area contributed by atoms with Crippen molar-refractivity contribution in [3.63, 3.8) is 0 Å². The van der Waals surface area contributed by atoms with Crippen LogP contribution in [-0.2, 0) is 9.53 Å². The van der Waals surface area contributed by atoms with Gasteiger partial charge in [0.2, 0.25) is 5.91 Å². The molecule has 1 unspecified atom stereocenters. The van der Waals surface area contributed by atoms with Crippen LogP contribution < -0.4 is 0 Å². The summed E-state index contributed by atoms with van der Waals surface area (Å²) in [6.07, 6.45) is 2.50. The number of likely N-dealkylation sites (tertiary alicyclic amines) is 1. The van der Waals surface area contributed by atoms with Gasteiger partial charge in [-0.1, -0.05) is 20.8 Å². The smallest absolute Gasteiger partial charge is 0.225 e. The molecule has 0 aliphatic carbocycles. The van der Waals surface area contributed by atoms with Crippen molar-refractivity contribution in [1.82, 2.24) is 4.90 Å². The monoisotopic (exact) mass is 227 g/mol. The maximum atomic E-state index is 12.3. The molecule has 1 aliphatic rings. The molecule has 1 heterocycles. The molecular weight excluding hydrogens is 202 g/mol. The molecule has 1 atom stereocenters. The molecule has 3 heteroatoms. The third-order valence-corrected chi connectivity index (χ3v) is 3.17. The third kappa shape index (κ3) is 2.97. The second kappa shape index (κ2) is 4.36. The highest BCUT2D eigenvalue weighted by atomic mass is 16.5. The van der Waals surface area contributed by atoms with E-state index in [4.69, 9.17) is 4.74 Å². The van der Waals surface area contributed by atoms with Crippen LogP contribution >= 0.6 is 0 Å². The number of amides is 1. The van der Waals surface area contributed by atoms with E-state index >= 15 is 0 Å². The van der Waals surface area contributed by atoms with Crippen LogP contribution in [0.1, 0.15) is 53.9 Å². The van der Waals surface area contributed by atoms with Crippen LogP contribution in [-0.4, -0.2) is 29.7 Å². The number of ether oxygens (including phenoxy) is 1. The van der Waals surface area contributed by atoms with Gasteiger partial charge in [-0.3, -0.25) is 4.79 Å². The minimum Gasteiger partial charge on any atom is -0.362 e. The Kier molecular flexibility index (Phi) is 3.68. The van der Waals surface area contributed by atoms with Gasteiger partial charge in [0, 0.05) is 19.1 Å². The van der Waals surface area contributed by atoms with Gasteiger partial charge < -0.3 is 9.64 Å². The van der Waals surface area contributed by atoms with E-state index in [0.717, 1.165) is 12.8 Å². The van der Waals surface area contributed by atoms with Gasteiger partial charge in [0.25, 0.3) is 0 Å². The average molecular weight is 227 g/mol. The van der Waals surface area contributed by atoms with Crippen molar-refractivity contribution < 1.29 is 9.53 Å². The molecule has 16 heavy (non-hydrogen) atoms. The molecular formula is C13H25NO2. The summed E-state index contributed by atoms with van der Waals surface area (Å²) in [7, 11) is 1.68. The molecule has 94 valence electrons.